The highest BCUT2D eigenvalue weighted by Gasteiger charge is 2.23. The van der Waals surface area contributed by atoms with E-state index in [1.165, 1.54) is 10.8 Å². The summed E-state index contributed by atoms with van der Waals surface area (Å²) >= 11 is 0. The molecule has 0 radical (unpaired) electrons. The molecule has 134 valence electrons. The summed E-state index contributed by atoms with van der Waals surface area (Å²) in [5, 5.41) is 26.9. The van der Waals surface area contributed by atoms with E-state index in [0.29, 0.717) is 16.4 Å². The van der Waals surface area contributed by atoms with E-state index in [4.69, 9.17) is 5.11 Å². The molecule has 0 fully saturated rings. The van der Waals surface area contributed by atoms with Gasteiger partial charge in [-0.3, -0.25) is 9.59 Å². The minimum atomic E-state index is -1.19. The van der Waals surface area contributed by atoms with Gasteiger partial charge in [0.25, 0.3) is 5.91 Å². The molecular weight excluding hydrogens is 348 g/mol. The molecule has 0 spiro atoms. The predicted molar refractivity (Wildman–Crippen MR) is 97.6 cm³/mol. The van der Waals surface area contributed by atoms with E-state index >= 15 is 0 Å². The number of nitrogens with zero attached hydrogens (tertiary/aromatic N) is 3. The molecule has 2 aromatic carbocycles. The van der Waals surface area contributed by atoms with Gasteiger partial charge in [0, 0.05) is 10.8 Å². The van der Waals surface area contributed by atoms with Crippen LogP contribution in [0.5, 0.6) is 5.75 Å². The Bertz CT molecular complexity index is 1180. The molecule has 0 aliphatic heterocycles. The first-order valence-electron chi connectivity index (χ1n) is 8.10. The number of carboxylic acids is 1. The highest BCUT2D eigenvalue weighted by Crippen LogP contribution is 2.37. The maximum atomic E-state index is 12.5. The number of carbonyl (C=O) groups excluding carboxylic acids is 1. The fourth-order valence-corrected chi connectivity index (χ4v) is 3.10. The van der Waals surface area contributed by atoms with Crippen LogP contribution < -0.4 is 5.32 Å². The minimum absolute atomic E-state index is 0.165. The number of carboxylic acid groups (broad SMARTS) is 1. The van der Waals surface area contributed by atoms with Crippen molar-refractivity contribution in [3.8, 4) is 16.9 Å². The second-order valence-corrected chi connectivity index (χ2v) is 5.86. The Balaban J connectivity index is 2.01. The molecule has 0 saturated heterocycles. The van der Waals surface area contributed by atoms with E-state index in [2.05, 4.69) is 15.4 Å². The molecule has 1 amide bonds. The second-order valence-electron chi connectivity index (χ2n) is 5.86. The van der Waals surface area contributed by atoms with Crippen LogP contribution in [0.4, 0.5) is 0 Å². The Morgan fingerprint density at radius 1 is 1.07 bits per heavy atom. The van der Waals surface area contributed by atoms with Gasteiger partial charge >= 0.3 is 5.97 Å². The van der Waals surface area contributed by atoms with Gasteiger partial charge in [0.1, 0.15) is 12.9 Å². The lowest BCUT2D eigenvalue weighted by atomic mass is 9.98. The van der Waals surface area contributed by atoms with Crippen molar-refractivity contribution in [2.75, 3.05) is 6.54 Å². The van der Waals surface area contributed by atoms with Crippen LogP contribution >= 0.6 is 0 Å². The average Bonchev–Trinajstić information content (AvgIpc) is 3.16. The van der Waals surface area contributed by atoms with Gasteiger partial charge in [-0.1, -0.05) is 48.5 Å². The quantitative estimate of drug-likeness (QED) is 0.512. The third-order valence-corrected chi connectivity index (χ3v) is 4.23. The van der Waals surface area contributed by atoms with Crippen LogP contribution in [0.2, 0.25) is 0 Å². The summed E-state index contributed by atoms with van der Waals surface area (Å²) < 4.78 is 1.22. The fraction of sp³-hybridized carbons (Fsp3) is 0.0526. The SMILES string of the molecule is O=C(O)CNC(=O)c1c(O)c2cccc(-c3ccccc3)c2c2ncnn12. The molecule has 2 heterocycles. The molecule has 27 heavy (non-hydrogen) atoms. The van der Waals surface area contributed by atoms with Crippen LogP contribution in [0.25, 0.3) is 27.5 Å². The second kappa shape index (κ2) is 6.41. The first-order chi connectivity index (χ1) is 13.1. The first kappa shape index (κ1) is 16.5. The number of aliphatic carboxylic acids is 1. The molecule has 0 atom stereocenters. The third kappa shape index (κ3) is 2.73. The van der Waals surface area contributed by atoms with Gasteiger partial charge in [-0.25, -0.2) is 9.50 Å². The van der Waals surface area contributed by atoms with E-state index in [0.717, 1.165) is 11.1 Å². The number of fused-ring (bicyclic) bond motifs is 3. The van der Waals surface area contributed by atoms with Crippen LogP contribution in [0.15, 0.2) is 54.9 Å². The predicted octanol–water partition coefficient (Wildman–Crippen LogP) is 2.07. The van der Waals surface area contributed by atoms with Crippen molar-refractivity contribution in [3.05, 3.63) is 60.6 Å². The zero-order valence-electron chi connectivity index (χ0n) is 14.0. The largest absolute Gasteiger partial charge is 0.505 e. The van der Waals surface area contributed by atoms with E-state index in [-0.39, 0.29) is 11.4 Å². The topological polar surface area (TPSA) is 117 Å². The molecule has 0 aliphatic rings. The summed E-state index contributed by atoms with van der Waals surface area (Å²) in [7, 11) is 0. The molecule has 4 aromatic rings. The Morgan fingerprint density at radius 3 is 2.59 bits per heavy atom. The zero-order valence-corrected chi connectivity index (χ0v) is 14.0. The number of pyridine rings is 1. The summed E-state index contributed by atoms with van der Waals surface area (Å²) in [5.41, 5.74) is 1.98. The van der Waals surface area contributed by atoms with Gasteiger partial charge in [0.2, 0.25) is 0 Å². The molecule has 3 N–H and O–H groups in total. The van der Waals surface area contributed by atoms with E-state index < -0.39 is 18.4 Å². The lowest BCUT2D eigenvalue weighted by Crippen LogP contribution is -2.31. The molecule has 4 rings (SSSR count). The molecular formula is C19H14N4O4. The smallest absolute Gasteiger partial charge is 0.322 e. The summed E-state index contributed by atoms with van der Waals surface area (Å²) in [6.07, 6.45) is 1.28. The number of aromatic hydroxyl groups is 1. The molecule has 8 nitrogen and oxygen atoms in total. The van der Waals surface area contributed by atoms with Crippen molar-refractivity contribution in [2.45, 2.75) is 0 Å². The Labute approximate surface area is 152 Å². The van der Waals surface area contributed by atoms with Gasteiger partial charge in [0.15, 0.2) is 17.1 Å². The maximum Gasteiger partial charge on any atom is 0.322 e. The molecule has 2 aromatic heterocycles. The lowest BCUT2D eigenvalue weighted by molar-refractivity contribution is -0.135. The number of hydrogen-bond acceptors (Lipinski definition) is 5. The van der Waals surface area contributed by atoms with Crippen molar-refractivity contribution in [2.24, 2.45) is 0 Å². The third-order valence-electron chi connectivity index (χ3n) is 4.23. The number of carbonyl (C=O) groups is 2. The van der Waals surface area contributed by atoms with Crippen LogP contribution in [0.3, 0.4) is 0 Å². The Kier molecular flexibility index (Phi) is 3.92. The summed E-state index contributed by atoms with van der Waals surface area (Å²) in [5.74, 6) is -2.23. The van der Waals surface area contributed by atoms with Gasteiger partial charge in [-0.15, -0.1) is 0 Å². The Hall–Kier alpha value is -3.94. The van der Waals surface area contributed by atoms with E-state index in [1.807, 2.05) is 36.4 Å². The van der Waals surface area contributed by atoms with Crippen LogP contribution in [-0.2, 0) is 4.79 Å². The van der Waals surface area contributed by atoms with E-state index in [1.54, 1.807) is 12.1 Å². The monoisotopic (exact) mass is 362 g/mol. The standard InChI is InChI=1S/C19H14N4O4/c24-14(25)9-20-19(27)16-17(26)13-8-4-7-12(11-5-2-1-3-6-11)15(13)18-21-10-22-23(16)18/h1-8,10,26H,9H2,(H,20,27)(H,24,25). The maximum absolute atomic E-state index is 12.5. The minimum Gasteiger partial charge on any atom is -0.505 e. The number of rotatable bonds is 4. The number of hydrogen-bond donors (Lipinski definition) is 3. The first-order valence-corrected chi connectivity index (χ1v) is 8.10. The highest BCUT2D eigenvalue weighted by atomic mass is 16.4. The van der Waals surface area contributed by atoms with E-state index in [9.17, 15) is 14.7 Å². The lowest BCUT2D eigenvalue weighted by Gasteiger charge is -2.13. The summed E-state index contributed by atoms with van der Waals surface area (Å²) in [6.45, 7) is -0.573. The van der Waals surface area contributed by atoms with Crippen molar-refractivity contribution >= 4 is 28.3 Å². The molecule has 0 unspecified atom stereocenters. The fourth-order valence-electron chi connectivity index (χ4n) is 3.10. The number of amides is 1. The van der Waals surface area contributed by atoms with Gasteiger partial charge in [0.05, 0.1) is 0 Å². The van der Waals surface area contributed by atoms with Crippen LogP contribution in [0.1, 0.15) is 10.5 Å². The number of benzene rings is 2. The normalized spacial score (nSPS) is 11.0. The number of aromatic nitrogens is 3. The average molecular weight is 362 g/mol. The highest BCUT2D eigenvalue weighted by molar-refractivity contribution is 6.12. The van der Waals surface area contributed by atoms with Crippen LogP contribution in [0, 0.1) is 0 Å². The van der Waals surface area contributed by atoms with Crippen molar-refractivity contribution in [1.82, 2.24) is 19.9 Å². The summed E-state index contributed by atoms with van der Waals surface area (Å²) in [4.78, 5) is 27.4. The van der Waals surface area contributed by atoms with Crippen molar-refractivity contribution < 1.29 is 19.8 Å². The summed E-state index contributed by atoms with van der Waals surface area (Å²) in [6, 6.07) is 14.9. The van der Waals surface area contributed by atoms with Gasteiger partial charge in [-0.05, 0) is 11.1 Å². The zero-order chi connectivity index (χ0) is 19.0. The molecule has 0 bridgehead atoms. The Morgan fingerprint density at radius 2 is 1.85 bits per heavy atom. The molecule has 8 heteroatoms. The van der Waals surface area contributed by atoms with Crippen LogP contribution in [-0.4, -0.2) is 43.2 Å². The van der Waals surface area contributed by atoms with Gasteiger partial charge in [-0.2, -0.15) is 5.10 Å². The molecule has 0 aliphatic carbocycles. The molecule has 0 saturated carbocycles. The van der Waals surface area contributed by atoms with Crippen molar-refractivity contribution in [3.63, 3.8) is 0 Å². The van der Waals surface area contributed by atoms with Gasteiger partial charge < -0.3 is 15.5 Å². The number of nitrogens with one attached hydrogen (secondary N) is 1. The van der Waals surface area contributed by atoms with Crippen molar-refractivity contribution in [1.29, 1.82) is 0 Å².